The number of piperidine rings is 1. The van der Waals surface area contributed by atoms with Gasteiger partial charge in [0.05, 0.1) is 4.90 Å². The minimum Gasteiger partial charge on any atom is -0.349 e. The highest BCUT2D eigenvalue weighted by molar-refractivity contribution is 7.92. The van der Waals surface area contributed by atoms with Crippen LogP contribution >= 0.6 is 0 Å². The fourth-order valence-electron chi connectivity index (χ4n) is 3.18. The molecule has 3 rings (SSSR count). The van der Waals surface area contributed by atoms with Gasteiger partial charge < -0.3 is 10.2 Å². The van der Waals surface area contributed by atoms with Crippen LogP contribution in [0.3, 0.4) is 0 Å². The predicted molar refractivity (Wildman–Crippen MR) is 106 cm³/mol. The third kappa shape index (κ3) is 5.08. The van der Waals surface area contributed by atoms with Gasteiger partial charge in [-0.3, -0.25) is 9.52 Å². The van der Waals surface area contributed by atoms with E-state index in [1.807, 2.05) is 0 Å². The number of halogens is 1. The number of carbonyl (C=O) groups is 1. The highest BCUT2D eigenvalue weighted by atomic mass is 32.2. The zero-order valence-corrected chi connectivity index (χ0v) is 16.5. The topological polar surface area (TPSA) is 78.5 Å². The van der Waals surface area contributed by atoms with E-state index in [9.17, 15) is 17.6 Å². The second kappa shape index (κ2) is 8.70. The van der Waals surface area contributed by atoms with Gasteiger partial charge in [-0.25, -0.2) is 12.8 Å². The van der Waals surface area contributed by atoms with Crippen molar-refractivity contribution in [3.8, 4) is 0 Å². The maximum Gasteiger partial charge on any atom is 0.261 e. The third-order valence-corrected chi connectivity index (χ3v) is 6.29. The van der Waals surface area contributed by atoms with Gasteiger partial charge in [-0.05, 0) is 67.9 Å². The molecule has 0 spiro atoms. The lowest BCUT2D eigenvalue weighted by Gasteiger charge is -2.31. The molecule has 150 valence electrons. The maximum absolute atomic E-state index is 13.0. The Hall–Kier alpha value is -2.45. The summed E-state index contributed by atoms with van der Waals surface area (Å²) in [5, 5.41) is 3.02. The van der Waals surface area contributed by atoms with E-state index < -0.39 is 15.8 Å². The fraction of sp³-hybridized carbons (Fsp3) is 0.350. The van der Waals surface area contributed by atoms with Crippen LogP contribution in [0.4, 0.5) is 10.1 Å². The number of rotatable bonds is 6. The van der Waals surface area contributed by atoms with E-state index in [1.165, 1.54) is 48.5 Å². The SMILES string of the molecule is CCN1CCC(NC(=O)c2ccc(S(=O)(=O)Nc3ccc(F)cc3)cc2)CC1. The van der Waals surface area contributed by atoms with E-state index in [1.54, 1.807) is 0 Å². The van der Waals surface area contributed by atoms with Gasteiger partial charge in [-0.15, -0.1) is 0 Å². The maximum atomic E-state index is 13.0. The minimum absolute atomic E-state index is 0.0321. The van der Waals surface area contributed by atoms with E-state index >= 15 is 0 Å². The summed E-state index contributed by atoms with van der Waals surface area (Å²) in [5.74, 6) is -0.649. The number of hydrogen-bond acceptors (Lipinski definition) is 4. The molecule has 8 heteroatoms. The molecule has 2 aromatic carbocycles. The summed E-state index contributed by atoms with van der Waals surface area (Å²) in [6.45, 7) is 5.07. The molecule has 2 N–H and O–H groups in total. The molecule has 1 fully saturated rings. The van der Waals surface area contributed by atoms with Crippen molar-refractivity contribution in [2.24, 2.45) is 0 Å². The lowest BCUT2D eigenvalue weighted by Crippen LogP contribution is -2.44. The predicted octanol–water partition coefficient (Wildman–Crippen LogP) is 2.84. The molecule has 6 nitrogen and oxygen atoms in total. The van der Waals surface area contributed by atoms with Gasteiger partial charge in [0.1, 0.15) is 5.82 Å². The van der Waals surface area contributed by atoms with Crippen LogP contribution in [0.25, 0.3) is 0 Å². The number of likely N-dealkylation sites (tertiary alicyclic amines) is 1. The highest BCUT2D eigenvalue weighted by Crippen LogP contribution is 2.17. The summed E-state index contributed by atoms with van der Waals surface area (Å²) in [6.07, 6.45) is 1.82. The first-order valence-corrected chi connectivity index (χ1v) is 10.8. The molecule has 0 aromatic heterocycles. The van der Waals surface area contributed by atoms with Crippen LogP contribution < -0.4 is 10.0 Å². The van der Waals surface area contributed by atoms with Crippen molar-refractivity contribution >= 4 is 21.6 Å². The van der Waals surface area contributed by atoms with Gasteiger partial charge >= 0.3 is 0 Å². The number of sulfonamides is 1. The first-order valence-electron chi connectivity index (χ1n) is 9.29. The molecule has 0 unspecified atom stereocenters. The lowest BCUT2D eigenvalue weighted by molar-refractivity contribution is 0.0912. The highest BCUT2D eigenvalue weighted by Gasteiger charge is 2.21. The third-order valence-electron chi connectivity index (χ3n) is 4.89. The van der Waals surface area contributed by atoms with E-state index in [2.05, 4.69) is 21.9 Å². The molecule has 0 radical (unpaired) electrons. The monoisotopic (exact) mass is 405 g/mol. The number of benzene rings is 2. The fourth-order valence-corrected chi connectivity index (χ4v) is 4.24. The Morgan fingerprint density at radius 1 is 1.07 bits per heavy atom. The summed E-state index contributed by atoms with van der Waals surface area (Å²) >= 11 is 0. The van der Waals surface area contributed by atoms with Gasteiger partial charge in [-0.2, -0.15) is 0 Å². The molecule has 1 amide bonds. The Bertz CT molecular complexity index is 907. The summed E-state index contributed by atoms with van der Waals surface area (Å²) in [4.78, 5) is 14.8. The zero-order chi connectivity index (χ0) is 20.1. The van der Waals surface area contributed by atoms with Gasteiger partial charge in [0.25, 0.3) is 15.9 Å². The van der Waals surface area contributed by atoms with Crippen molar-refractivity contribution in [3.63, 3.8) is 0 Å². The quantitative estimate of drug-likeness (QED) is 0.775. The van der Waals surface area contributed by atoms with Crippen LogP contribution in [-0.2, 0) is 10.0 Å². The molecule has 2 aromatic rings. The number of amides is 1. The second-order valence-corrected chi connectivity index (χ2v) is 8.50. The molecule has 0 saturated carbocycles. The molecule has 1 heterocycles. The molecular formula is C20H24FN3O3S. The average Bonchev–Trinajstić information content (AvgIpc) is 2.70. The van der Waals surface area contributed by atoms with Crippen LogP contribution in [0.15, 0.2) is 53.4 Å². The summed E-state index contributed by atoms with van der Waals surface area (Å²) in [6, 6.07) is 11.0. The van der Waals surface area contributed by atoms with Crippen molar-refractivity contribution in [2.75, 3.05) is 24.4 Å². The standard InChI is InChI=1S/C20H24FN3O3S/c1-2-24-13-11-17(12-14-24)22-20(25)15-3-9-19(10-4-15)28(26,27)23-18-7-5-16(21)6-8-18/h3-10,17,23H,2,11-14H2,1H3,(H,22,25). The lowest BCUT2D eigenvalue weighted by atomic mass is 10.0. The van der Waals surface area contributed by atoms with Crippen LogP contribution in [0, 0.1) is 5.82 Å². The second-order valence-electron chi connectivity index (χ2n) is 6.82. The molecule has 0 atom stereocenters. The van der Waals surface area contributed by atoms with E-state index in [0.717, 1.165) is 32.5 Å². The molecule has 0 aliphatic carbocycles. The van der Waals surface area contributed by atoms with Crippen LogP contribution in [0.1, 0.15) is 30.1 Å². The normalized spacial score (nSPS) is 15.9. The van der Waals surface area contributed by atoms with Crippen molar-refractivity contribution < 1.29 is 17.6 Å². The van der Waals surface area contributed by atoms with E-state index in [0.29, 0.717) is 5.56 Å². The first-order chi connectivity index (χ1) is 13.4. The van der Waals surface area contributed by atoms with Crippen LogP contribution in [0.5, 0.6) is 0 Å². The molecule has 0 bridgehead atoms. The van der Waals surface area contributed by atoms with Crippen molar-refractivity contribution in [1.82, 2.24) is 10.2 Å². The number of hydrogen-bond donors (Lipinski definition) is 2. The summed E-state index contributed by atoms with van der Waals surface area (Å²) in [5.41, 5.74) is 0.681. The molecular weight excluding hydrogens is 381 g/mol. The van der Waals surface area contributed by atoms with Gasteiger partial charge in [-0.1, -0.05) is 6.92 Å². The first kappa shape index (κ1) is 20.3. The van der Waals surface area contributed by atoms with Gasteiger partial charge in [0.15, 0.2) is 0 Å². The Kier molecular flexibility index (Phi) is 6.31. The Morgan fingerprint density at radius 2 is 1.68 bits per heavy atom. The largest absolute Gasteiger partial charge is 0.349 e. The van der Waals surface area contributed by atoms with Gasteiger partial charge in [0, 0.05) is 30.4 Å². The number of anilines is 1. The Morgan fingerprint density at radius 3 is 2.25 bits per heavy atom. The van der Waals surface area contributed by atoms with E-state index in [-0.39, 0.29) is 22.5 Å². The number of carbonyl (C=O) groups excluding carboxylic acids is 1. The minimum atomic E-state index is -3.81. The summed E-state index contributed by atoms with van der Waals surface area (Å²) < 4.78 is 40.2. The molecule has 1 aliphatic rings. The molecule has 28 heavy (non-hydrogen) atoms. The van der Waals surface area contributed by atoms with Crippen LogP contribution in [-0.4, -0.2) is 44.9 Å². The summed E-state index contributed by atoms with van der Waals surface area (Å²) in [7, 11) is -3.81. The molecule has 1 aliphatic heterocycles. The van der Waals surface area contributed by atoms with Crippen LogP contribution in [0.2, 0.25) is 0 Å². The van der Waals surface area contributed by atoms with Gasteiger partial charge in [0.2, 0.25) is 0 Å². The number of nitrogens with one attached hydrogen (secondary N) is 2. The molecule has 1 saturated heterocycles. The average molecular weight is 405 g/mol. The Labute approximate surface area is 164 Å². The van der Waals surface area contributed by atoms with Crippen molar-refractivity contribution in [3.05, 3.63) is 59.9 Å². The smallest absolute Gasteiger partial charge is 0.261 e. The number of nitrogens with zero attached hydrogens (tertiary/aromatic N) is 1. The van der Waals surface area contributed by atoms with Crippen molar-refractivity contribution in [2.45, 2.75) is 30.7 Å². The zero-order valence-electron chi connectivity index (χ0n) is 15.7. The van der Waals surface area contributed by atoms with Crippen molar-refractivity contribution in [1.29, 1.82) is 0 Å². The Balaban J connectivity index is 1.62. The van der Waals surface area contributed by atoms with E-state index in [4.69, 9.17) is 0 Å².